The van der Waals surface area contributed by atoms with Crippen LogP contribution in [0, 0.1) is 17.8 Å². The van der Waals surface area contributed by atoms with E-state index in [2.05, 4.69) is 25.4 Å². The maximum absolute atomic E-state index is 14.5. The van der Waals surface area contributed by atoms with Crippen LogP contribution in [0.25, 0.3) is 16.7 Å². The first-order valence-electron chi connectivity index (χ1n) is 19.4. The molecule has 16 nitrogen and oxygen atoms in total. The third-order valence-corrected chi connectivity index (χ3v) is 14.1. The molecule has 4 amide bonds. The molecule has 0 bridgehead atoms. The van der Waals surface area contributed by atoms with Crippen molar-refractivity contribution in [1.29, 1.82) is 0 Å². The predicted octanol–water partition coefficient (Wildman–Crippen LogP) is 4.32. The summed E-state index contributed by atoms with van der Waals surface area (Å²) in [6.45, 7) is 5.02. The van der Waals surface area contributed by atoms with Crippen molar-refractivity contribution in [3.63, 3.8) is 0 Å². The number of pyridine rings is 1. The first-order valence-corrected chi connectivity index (χ1v) is 20.9. The number of methoxy groups -OCH3 is 1. The predicted molar refractivity (Wildman–Crippen MR) is 205 cm³/mol. The van der Waals surface area contributed by atoms with Crippen molar-refractivity contribution in [1.82, 2.24) is 35.0 Å². The van der Waals surface area contributed by atoms with Gasteiger partial charge in [-0.2, -0.15) is 18.3 Å². The van der Waals surface area contributed by atoms with E-state index in [1.54, 1.807) is 31.2 Å². The van der Waals surface area contributed by atoms with E-state index in [-0.39, 0.29) is 42.4 Å². The van der Waals surface area contributed by atoms with Gasteiger partial charge in [-0.25, -0.2) is 22.9 Å². The Balaban J connectivity index is 1.25. The van der Waals surface area contributed by atoms with Crippen LogP contribution < -0.4 is 24.8 Å². The molecule has 7 rings (SSSR count). The molecule has 2 aromatic heterocycles. The number of fused-ring (bicyclic) bond motifs is 3. The van der Waals surface area contributed by atoms with E-state index < -0.39 is 86.0 Å². The molecule has 7 atom stereocenters. The summed E-state index contributed by atoms with van der Waals surface area (Å²) in [5, 5.41) is 19.0. The van der Waals surface area contributed by atoms with Gasteiger partial charge in [0.2, 0.25) is 21.8 Å². The van der Waals surface area contributed by atoms with E-state index in [1.807, 2.05) is 13.0 Å². The van der Waals surface area contributed by atoms with Gasteiger partial charge in [-0.1, -0.05) is 26.0 Å². The lowest BCUT2D eigenvalue weighted by molar-refractivity contribution is -0.142. The van der Waals surface area contributed by atoms with Gasteiger partial charge in [0.25, 0.3) is 5.91 Å². The molecule has 2 saturated carbocycles. The Kier molecular flexibility index (Phi) is 10.8. The molecule has 3 fully saturated rings. The summed E-state index contributed by atoms with van der Waals surface area (Å²) in [5.74, 6) is -2.92. The van der Waals surface area contributed by atoms with Crippen molar-refractivity contribution in [2.75, 3.05) is 13.7 Å². The number of hydrogen-bond donors (Lipinski definition) is 4. The van der Waals surface area contributed by atoms with Crippen LogP contribution in [-0.4, -0.2) is 99.1 Å². The number of rotatable bonds is 8. The summed E-state index contributed by atoms with van der Waals surface area (Å²) >= 11 is 0. The zero-order valence-electron chi connectivity index (χ0n) is 32.8. The summed E-state index contributed by atoms with van der Waals surface area (Å²) in [5.41, 5.74) is -2.53. The Morgan fingerprint density at radius 1 is 1.10 bits per heavy atom. The number of allylic oxidation sites excluding steroid dienone is 1. The molecule has 2 aliphatic heterocycles. The topological polar surface area (TPSA) is 211 Å². The van der Waals surface area contributed by atoms with Crippen molar-refractivity contribution in [2.24, 2.45) is 17.8 Å². The average molecular weight is 846 g/mol. The lowest BCUT2D eigenvalue weighted by Crippen LogP contribution is -2.59. The summed E-state index contributed by atoms with van der Waals surface area (Å²) in [6.07, 6.45) is 0.0493. The van der Waals surface area contributed by atoms with Crippen molar-refractivity contribution < 1.29 is 55.3 Å². The highest BCUT2D eigenvalue weighted by Crippen LogP contribution is 2.48. The van der Waals surface area contributed by atoms with Crippen LogP contribution in [0.3, 0.4) is 0 Å². The molecule has 1 aromatic carbocycles. The molecule has 20 heteroatoms. The first-order chi connectivity index (χ1) is 27.7. The van der Waals surface area contributed by atoms with Gasteiger partial charge < -0.3 is 30.1 Å². The number of nitrogens with one attached hydrogen (secondary N) is 3. The fourth-order valence-electron chi connectivity index (χ4n) is 8.02. The first kappa shape index (κ1) is 41.7. The number of sulfonamides is 1. The number of carbonyl (C=O) groups is 4. The van der Waals surface area contributed by atoms with Crippen LogP contribution in [0.2, 0.25) is 0 Å². The smallest absolute Gasteiger partial charge is 0.435 e. The van der Waals surface area contributed by atoms with Crippen molar-refractivity contribution in [3.05, 3.63) is 54.4 Å². The Morgan fingerprint density at radius 3 is 2.51 bits per heavy atom. The Hall–Kier alpha value is -5.40. The van der Waals surface area contributed by atoms with Crippen LogP contribution in [0.5, 0.6) is 11.5 Å². The summed E-state index contributed by atoms with van der Waals surface area (Å²) in [6, 6.07) is 4.38. The second-order valence-electron chi connectivity index (χ2n) is 16.4. The summed E-state index contributed by atoms with van der Waals surface area (Å²) in [4.78, 5) is 60.7. The highest BCUT2D eigenvalue weighted by molar-refractivity contribution is 7.91. The fraction of sp³-hybridized carbons (Fsp3) is 0.538. The van der Waals surface area contributed by atoms with Crippen LogP contribution in [0.15, 0.2) is 48.7 Å². The zero-order chi connectivity index (χ0) is 42.7. The van der Waals surface area contributed by atoms with Crippen molar-refractivity contribution >= 4 is 44.7 Å². The fourth-order valence-corrected chi connectivity index (χ4v) is 9.33. The van der Waals surface area contributed by atoms with Gasteiger partial charge in [0, 0.05) is 36.1 Å². The molecule has 3 aromatic rings. The van der Waals surface area contributed by atoms with Crippen LogP contribution in [0.4, 0.5) is 18.0 Å². The van der Waals surface area contributed by atoms with Gasteiger partial charge >= 0.3 is 12.3 Å². The van der Waals surface area contributed by atoms with Crippen LogP contribution in [0.1, 0.15) is 71.4 Å². The maximum Gasteiger partial charge on any atom is 0.435 e. The molecule has 0 spiro atoms. The lowest BCUT2D eigenvalue weighted by atomic mass is 9.88. The second kappa shape index (κ2) is 15.3. The van der Waals surface area contributed by atoms with Gasteiger partial charge in [-0.15, -0.1) is 0 Å². The molecule has 0 unspecified atom stereocenters. The normalized spacial score (nSPS) is 28.9. The van der Waals surface area contributed by atoms with Gasteiger partial charge in [0.15, 0.2) is 11.5 Å². The Morgan fingerprint density at radius 2 is 1.85 bits per heavy atom. The molecule has 4 aliphatic rings. The van der Waals surface area contributed by atoms with E-state index in [4.69, 9.17) is 9.47 Å². The van der Waals surface area contributed by atoms with Gasteiger partial charge in [-0.05, 0) is 75.5 Å². The van der Waals surface area contributed by atoms with E-state index >= 15 is 0 Å². The SMILES string of the molecule is COc1ccc2c(O[C@@H]3C[C@H]4C(=O)N[C@]5(C(=O)NS(=O)(=O)C6(C)CC6)C[C@H]5/C=C\CC[C@@H](C)C[C@@H](C)[C@H](NC(=O)O)C(=O)N4C3)cc(-n3ccc(C(F)(F)F)n3)nc2c1. The number of halogens is 3. The molecular weight excluding hydrogens is 800 g/mol. The largest absolute Gasteiger partial charge is 0.497 e. The number of benzene rings is 1. The average Bonchev–Trinajstić information content (AvgIpc) is 3.93. The van der Waals surface area contributed by atoms with Crippen LogP contribution >= 0.6 is 0 Å². The quantitative estimate of drug-likeness (QED) is 0.235. The minimum absolute atomic E-state index is 0.0395. The third-order valence-electron chi connectivity index (χ3n) is 11.9. The lowest BCUT2D eigenvalue weighted by Gasteiger charge is -2.32. The Bertz CT molecular complexity index is 2310. The standard InChI is InChI=1S/C39H46F3N7O9S/c1-21-7-5-6-8-23-19-38(23,35(52)47-59(55,56)37(3)12-13-37)45-33(50)28-17-25(20-48(28)34(51)32(22(2)15-21)44-36(53)54)58-29-18-31(49-14-11-30(46-49)39(40,41)42)43-27-16-24(57-4)9-10-26(27)29/h6,8-11,14,16,18,21-23,25,28,32,44H,5,7,12-13,15,17,19-20H2,1-4H3,(H,45,50)(H,47,52)(H,53,54)/b8-6-/t21-,22-,23-,25-,28+,32+,38-/m1/s1. The Labute approximate surface area is 337 Å². The molecular formula is C39H46F3N7O9S. The van der Waals surface area contributed by atoms with E-state index in [9.17, 15) is 45.9 Å². The molecule has 4 N–H and O–H groups in total. The minimum atomic E-state index is -4.72. The van der Waals surface area contributed by atoms with E-state index in [0.717, 1.165) is 16.9 Å². The highest BCUT2D eigenvalue weighted by atomic mass is 32.2. The second-order valence-corrected chi connectivity index (χ2v) is 18.6. The maximum atomic E-state index is 14.5. The number of aromatic nitrogens is 3. The van der Waals surface area contributed by atoms with Gasteiger partial charge in [0.05, 0.1) is 23.9 Å². The number of alkyl halides is 3. The molecule has 318 valence electrons. The minimum Gasteiger partial charge on any atom is -0.497 e. The summed E-state index contributed by atoms with van der Waals surface area (Å²) < 4.78 is 80.7. The number of carbonyl (C=O) groups excluding carboxylic acids is 3. The van der Waals surface area contributed by atoms with Crippen molar-refractivity contribution in [2.45, 2.75) is 100 Å². The highest BCUT2D eigenvalue weighted by Gasteiger charge is 2.63. The molecule has 59 heavy (non-hydrogen) atoms. The monoisotopic (exact) mass is 845 g/mol. The van der Waals surface area contributed by atoms with Gasteiger partial charge in [0.1, 0.15) is 35.2 Å². The van der Waals surface area contributed by atoms with Crippen LogP contribution in [-0.2, 0) is 30.6 Å². The molecule has 0 radical (unpaired) electrons. The number of hydrogen-bond acceptors (Lipinski definition) is 10. The zero-order valence-corrected chi connectivity index (χ0v) is 33.6. The van der Waals surface area contributed by atoms with E-state index in [1.165, 1.54) is 25.0 Å². The molecule has 1 saturated heterocycles. The number of ether oxygens (including phenoxy) is 2. The third kappa shape index (κ3) is 8.40. The van der Waals surface area contributed by atoms with Gasteiger partial charge in [-0.3, -0.25) is 19.1 Å². The summed E-state index contributed by atoms with van der Waals surface area (Å²) in [7, 11) is -2.65. The van der Waals surface area contributed by atoms with E-state index in [0.29, 0.717) is 43.2 Å². The molecule has 2 aliphatic carbocycles. The number of carboxylic acid groups (broad SMARTS) is 1. The van der Waals surface area contributed by atoms with Crippen molar-refractivity contribution in [3.8, 4) is 17.3 Å². The molecule has 4 heterocycles. The number of amides is 4. The number of nitrogens with zero attached hydrogens (tertiary/aromatic N) is 4.